The van der Waals surface area contributed by atoms with Crippen LogP contribution in [0.2, 0.25) is 0 Å². The van der Waals surface area contributed by atoms with E-state index in [1.54, 1.807) is 30.3 Å². The van der Waals surface area contributed by atoms with Crippen molar-refractivity contribution in [3.8, 4) is 11.5 Å². The van der Waals surface area contributed by atoms with E-state index in [-0.39, 0.29) is 17.4 Å². The van der Waals surface area contributed by atoms with Crippen LogP contribution in [0.25, 0.3) is 22.4 Å². The molecule has 0 unspecified atom stereocenters. The third-order valence-corrected chi connectivity index (χ3v) is 3.92. The molecule has 0 atom stereocenters. The molecule has 25 heavy (non-hydrogen) atoms. The summed E-state index contributed by atoms with van der Waals surface area (Å²) in [7, 11) is 0. The number of aromatic nitrogens is 3. The Morgan fingerprint density at radius 2 is 2.12 bits per heavy atom. The molecule has 4 rings (SSSR count). The van der Waals surface area contributed by atoms with E-state index in [4.69, 9.17) is 4.42 Å². The molecule has 0 fully saturated rings. The van der Waals surface area contributed by atoms with Crippen molar-refractivity contribution >= 4 is 22.5 Å². The van der Waals surface area contributed by atoms with E-state index in [1.807, 2.05) is 6.92 Å². The van der Waals surface area contributed by atoms with E-state index in [0.29, 0.717) is 28.0 Å². The minimum Gasteiger partial charge on any atom is -0.423 e. The van der Waals surface area contributed by atoms with Gasteiger partial charge < -0.3 is 14.7 Å². The maximum absolute atomic E-state index is 13.9. The van der Waals surface area contributed by atoms with Crippen LogP contribution in [0.4, 0.5) is 10.1 Å². The number of benzene rings is 2. The average molecular weight is 336 g/mol. The second-order valence-electron chi connectivity index (χ2n) is 5.61. The highest BCUT2D eigenvalue weighted by Crippen LogP contribution is 2.24. The number of aryl methyl sites for hydroxylation is 1. The Balaban J connectivity index is 1.63. The summed E-state index contributed by atoms with van der Waals surface area (Å²) < 4.78 is 19.1. The van der Waals surface area contributed by atoms with Gasteiger partial charge in [0, 0.05) is 16.6 Å². The Bertz CT molecular complexity index is 1030. The quantitative estimate of drug-likeness (QED) is 0.594. The first-order valence-corrected chi connectivity index (χ1v) is 7.57. The number of nitrogens with one attached hydrogen (secondary N) is 2. The molecule has 2 aromatic heterocycles. The van der Waals surface area contributed by atoms with Gasteiger partial charge in [-0.3, -0.25) is 4.79 Å². The summed E-state index contributed by atoms with van der Waals surface area (Å²) in [6.45, 7) is 1.85. The molecule has 6 nitrogen and oxygen atoms in total. The summed E-state index contributed by atoms with van der Waals surface area (Å²) in [5, 5.41) is 10.6. The number of fused-ring (bicyclic) bond motifs is 1. The molecule has 1 amide bonds. The van der Waals surface area contributed by atoms with Crippen LogP contribution in [0, 0.1) is 12.7 Å². The predicted molar refractivity (Wildman–Crippen MR) is 90.7 cm³/mol. The van der Waals surface area contributed by atoms with E-state index in [9.17, 15) is 9.18 Å². The Morgan fingerprint density at radius 1 is 1.24 bits per heavy atom. The van der Waals surface area contributed by atoms with Gasteiger partial charge in [0.05, 0.1) is 5.52 Å². The molecular weight excluding hydrogens is 323 g/mol. The lowest BCUT2D eigenvalue weighted by Gasteiger charge is -2.04. The zero-order valence-corrected chi connectivity index (χ0v) is 13.2. The lowest BCUT2D eigenvalue weighted by atomic mass is 10.1. The van der Waals surface area contributed by atoms with Crippen LogP contribution >= 0.6 is 0 Å². The van der Waals surface area contributed by atoms with Crippen LogP contribution in [0.3, 0.4) is 0 Å². The summed E-state index contributed by atoms with van der Waals surface area (Å²) in [6.07, 6.45) is 1.24. The van der Waals surface area contributed by atoms with Gasteiger partial charge in [-0.2, -0.15) is 0 Å². The minimum absolute atomic E-state index is 0.284. The van der Waals surface area contributed by atoms with Crippen LogP contribution in [-0.2, 0) is 0 Å². The van der Waals surface area contributed by atoms with Crippen LogP contribution in [0.1, 0.15) is 16.1 Å². The second-order valence-corrected chi connectivity index (χ2v) is 5.61. The molecule has 0 saturated carbocycles. The number of rotatable bonds is 3. The van der Waals surface area contributed by atoms with Gasteiger partial charge in [-0.05, 0) is 42.8 Å². The number of carbonyl (C=O) groups is 1. The molecule has 7 heteroatoms. The van der Waals surface area contributed by atoms with Gasteiger partial charge in [-0.1, -0.05) is 12.1 Å². The van der Waals surface area contributed by atoms with Crippen molar-refractivity contribution in [2.45, 2.75) is 6.92 Å². The van der Waals surface area contributed by atoms with Gasteiger partial charge in [-0.15, -0.1) is 10.2 Å². The maximum atomic E-state index is 13.9. The molecular formula is C18H13FN4O2. The Kier molecular flexibility index (Phi) is 3.53. The maximum Gasteiger partial charge on any atom is 0.272 e. The van der Waals surface area contributed by atoms with Gasteiger partial charge in [0.15, 0.2) is 0 Å². The van der Waals surface area contributed by atoms with E-state index in [2.05, 4.69) is 20.5 Å². The zero-order chi connectivity index (χ0) is 17.4. The molecule has 124 valence electrons. The first-order chi connectivity index (χ1) is 12.1. The third kappa shape index (κ3) is 2.76. The standard InChI is InChI=1S/C18H13FN4O2/c1-10-5-6-14(19)13-8-15(22-16(10)13)17(24)21-12-4-2-3-11(7-12)18-23-20-9-25-18/h2-9,22H,1H3,(H,21,24). The fraction of sp³-hybridized carbons (Fsp3) is 0.0556. The fourth-order valence-electron chi connectivity index (χ4n) is 2.67. The SMILES string of the molecule is Cc1ccc(F)c2cc(C(=O)Nc3cccc(-c4nnco4)c3)[nH]c12. The number of amides is 1. The highest BCUT2D eigenvalue weighted by Gasteiger charge is 2.14. The Hall–Kier alpha value is -3.48. The summed E-state index contributed by atoms with van der Waals surface area (Å²) in [4.78, 5) is 15.5. The average Bonchev–Trinajstić information content (AvgIpc) is 3.28. The third-order valence-electron chi connectivity index (χ3n) is 3.92. The summed E-state index contributed by atoms with van der Waals surface area (Å²) in [5.74, 6) is -0.369. The molecule has 0 radical (unpaired) electrons. The highest BCUT2D eigenvalue weighted by atomic mass is 19.1. The molecule has 0 aliphatic rings. The van der Waals surface area contributed by atoms with Gasteiger partial charge in [0.1, 0.15) is 11.5 Å². The van der Waals surface area contributed by atoms with E-state index < -0.39 is 0 Å². The number of anilines is 1. The van der Waals surface area contributed by atoms with Crippen molar-refractivity contribution in [1.82, 2.24) is 15.2 Å². The molecule has 0 aliphatic heterocycles. The normalized spacial score (nSPS) is 11.0. The fourth-order valence-corrected chi connectivity index (χ4v) is 2.67. The smallest absolute Gasteiger partial charge is 0.272 e. The van der Waals surface area contributed by atoms with Crippen LogP contribution in [-0.4, -0.2) is 21.1 Å². The molecule has 2 aromatic carbocycles. The highest BCUT2D eigenvalue weighted by molar-refractivity contribution is 6.06. The number of hydrogen-bond acceptors (Lipinski definition) is 4. The van der Waals surface area contributed by atoms with Crippen molar-refractivity contribution in [3.05, 3.63) is 65.9 Å². The number of halogens is 1. The number of carbonyl (C=O) groups excluding carboxylic acids is 1. The minimum atomic E-state index is -0.366. The molecule has 2 heterocycles. The van der Waals surface area contributed by atoms with Crippen LogP contribution < -0.4 is 5.32 Å². The molecule has 0 spiro atoms. The van der Waals surface area contributed by atoms with Gasteiger partial charge >= 0.3 is 0 Å². The topological polar surface area (TPSA) is 83.8 Å². The lowest BCUT2D eigenvalue weighted by molar-refractivity contribution is 0.102. The summed E-state index contributed by atoms with van der Waals surface area (Å²) in [6, 6.07) is 11.6. The predicted octanol–water partition coefficient (Wildman–Crippen LogP) is 3.92. The number of nitrogens with zero attached hydrogens (tertiary/aromatic N) is 2. The van der Waals surface area contributed by atoms with Crippen molar-refractivity contribution < 1.29 is 13.6 Å². The van der Waals surface area contributed by atoms with Gasteiger partial charge in [0.25, 0.3) is 5.91 Å². The van der Waals surface area contributed by atoms with Crippen LogP contribution in [0.5, 0.6) is 0 Å². The molecule has 0 saturated heterocycles. The Morgan fingerprint density at radius 3 is 2.88 bits per heavy atom. The summed E-state index contributed by atoms with van der Waals surface area (Å²) in [5.41, 5.74) is 3.02. The van der Waals surface area contributed by atoms with Gasteiger partial charge in [-0.25, -0.2) is 4.39 Å². The Labute approximate surface area is 141 Å². The lowest BCUT2D eigenvalue weighted by Crippen LogP contribution is -2.12. The van der Waals surface area contributed by atoms with Crippen molar-refractivity contribution in [2.24, 2.45) is 0 Å². The van der Waals surface area contributed by atoms with Gasteiger partial charge in [0.2, 0.25) is 12.3 Å². The van der Waals surface area contributed by atoms with Crippen molar-refractivity contribution in [1.29, 1.82) is 0 Å². The van der Waals surface area contributed by atoms with E-state index in [0.717, 1.165) is 5.56 Å². The monoisotopic (exact) mass is 336 g/mol. The number of hydrogen-bond donors (Lipinski definition) is 2. The van der Waals surface area contributed by atoms with Crippen molar-refractivity contribution in [3.63, 3.8) is 0 Å². The summed E-state index contributed by atoms with van der Waals surface area (Å²) >= 11 is 0. The van der Waals surface area contributed by atoms with Crippen molar-refractivity contribution in [2.75, 3.05) is 5.32 Å². The first-order valence-electron chi connectivity index (χ1n) is 7.57. The number of aromatic amines is 1. The zero-order valence-electron chi connectivity index (χ0n) is 13.2. The second kappa shape index (κ2) is 5.86. The first kappa shape index (κ1) is 15.1. The molecule has 2 N–H and O–H groups in total. The van der Waals surface area contributed by atoms with E-state index >= 15 is 0 Å². The molecule has 0 aliphatic carbocycles. The van der Waals surface area contributed by atoms with Crippen LogP contribution in [0.15, 0.2) is 53.3 Å². The largest absolute Gasteiger partial charge is 0.423 e. The molecule has 4 aromatic rings. The molecule has 0 bridgehead atoms. The number of H-pyrrole nitrogens is 1. The van der Waals surface area contributed by atoms with E-state index in [1.165, 1.54) is 18.5 Å².